The molecule has 0 aliphatic carbocycles. The van der Waals surface area contributed by atoms with Crippen LogP contribution in [0.3, 0.4) is 0 Å². The minimum Gasteiger partial charge on any atom is -0.497 e. The number of carbonyl (C=O) groups excluding carboxylic acids is 1. The highest BCUT2D eigenvalue weighted by Crippen LogP contribution is 2.30. The Kier molecular flexibility index (Phi) is 6.56. The van der Waals surface area contributed by atoms with Gasteiger partial charge in [0, 0.05) is 30.0 Å². The van der Waals surface area contributed by atoms with E-state index in [0.717, 1.165) is 47.8 Å². The first-order chi connectivity index (χ1) is 13.9. The molecule has 7 heteroatoms. The fraction of sp³-hybridized carbons (Fsp3) is 0.500. The summed E-state index contributed by atoms with van der Waals surface area (Å²) in [6, 6.07) is 7.37. The summed E-state index contributed by atoms with van der Waals surface area (Å²) in [4.78, 5) is 24.2. The van der Waals surface area contributed by atoms with Crippen molar-refractivity contribution in [3.63, 3.8) is 0 Å². The summed E-state index contributed by atoms with van der Waals surface area (Å²) in [5, 5.41) is 3.14. The standard InChI is InChI=1S/C22H30N4O3/c1-14-11-15(2)24-22(23-14)26-10-6-7-17(13-26)21(27)25-16(3)19-12-18(28-4)8-9-20(19)29-5/h8-9,11-12,16-17H,6-7,10,13H2,1-5H3,(H,25,27)/t16-,17+/m1/s1. The zero-order chi connectivity index (χ0) is 21.0. The number of benzene rings is 1. The number of aromatic nitrogens is 2. The van der Waals surface area contributed by atoms with Gasteiger partial charge in [-0.1, -0.05) is 0 Å². The van der Waals surface area contributed by atoms with Gasteiger partial charge >= 0.3 is 0 Å². The van der Waals surface area contributed by atoms with E-state index in [1.165, 1.54) is 0 Å². The van der Waals surface area contributed by atoms with Crippen molar-refractivity contribution in [2.75, 3.05) is 32.2 Å². The van der Waals surface area contributed by atoms with Gasteiger partial charge in [0.1, 0.15) is 11.5 Å². The number of hydrogen-bond acceptors (Lipinski definition) is 6. The number of methoxy groups -OCH3 is 2. The molecule has 1 N–H and O–H groups in total. The molecule has 1 aliphatic rings. The highest BCUT2D eigenvalue weighted by Gasteiger charge is 2.28. The van der Waals surface area contributed by atoms with Crippen LogP contribution in [0.4, 0.5) is 5.95 Å². The number of nitrogens with zero attached hydrogens (tertiary/aromatic N) is 3. The summed E-state index contributed by atoms with van der Waals surface area (Å²) in [6.07, 6.45) is 1.79. The van der Waals surface area contributed by atoms with Crippen molar-refractivity contribution in [2.24, 2.45) is 5.92 Å². The normalized spacial score (nSPS) is 17.6. The molecule has 1 aliphatic heterocycles. The molecule has 2 heterocycles. The first-order valence-electron chi connectivity index (χ1n) is 10.0. The van der Waals surface area contributed by atoms with Crippen LogP contribution in [-0.2, 0) is 4.79 Å². The van der Waals surface area contributed by atoms with E-state index in [2.05, 4.69) is 20.2 Å². The van der Waals surface area contributed by atoms with Crippen LogP contribution in [0, 0.1) is 19.8 Å². The van der Waals surface area contributed by atoms with Gasteiger partial charge in [0.2, 0.25) is 11.9 Å². The Morgan fingerprint density at radius 3 is 2.55 bits per heavy atom. The zero-order valence-electron chi connectivity index (χ0n) is 17.9. The van der Waals surface area contributed by atoms with Gasteiger partial charge in [0.25, 0.3) is 0 Å². The van der Waals surface area contributed by atoms with Gasteiger partial charge in [-0.25, -0.2) is 9.97 Å². The van der Waals surface area contributed by atoms with Crippen molar-refractivity contribution in [1.29, 1.82) is 0 Å². The molecule has 0 radical (unpaired) electrons. The SMILES string of the molecule is COc1ccc(OC)c([C@@H](C)NC(=O)[C@H]2CCCN(c3nc(C)cc(C)n3)C2)c1. The minimum atomic E-state index is -0.194. The van der Waals surface area contributed by atoms with Gasteiger partial charge in [-0.05, 0) is 57.9 Å². The number of ether oxygens (including phenoxy) is 2. The van der Waals surface area contributed by atoms with Crippen LogP contribution in [0.2, 0.25) is 0 Å². The van der Waals surface area contributed by atoms with Crippen molar-refractivity contribution in [3.05, 3.63) is 41.2 Å². The number of nitrogens with one attached hydrogen (secondary N) is 1. The molecule has 0 saturated carbocycles. The third kappa shape index (κ3) is 4.96. The predicted octanol–water partition coefficient (Wildman–Crippen LogP) is 3.20. The number of amides is 1. The van der Waals surface area contributed by atoms with Crippen molar-refractivity contribution in [1.82, 2.24) is 15.3 Å². The highest BCUT2D eigenvalue weighted by molar-refractivity contribution is 5.80. The Hall–Kier alpha value is -2.83. The second-order valence-electron chi connectivity index (χ2n) is 7.57. The van der Waals surface area contributed by atoms with Crippen LogP contribution in [0.15, 0.2) is 24.3 Å². The highest BCUT2D eigenvalue weighted by atomic mass is 16.5. The summed E-state index contributed by atoms with van der Waals surface area (Å²) in [6.45, 7) is 7.39. The molecule has 156 valence electrons. The molecule has 1 aromatic heterocycles. The van der Waals surface area contributed by atoms with E-state index in [9.17, 15) is 4.79 Å². The molecule has 3 rings (SSSR count). The van der Waals surface area contributed by atoms with Crippen LogP contribution in [0.1, 0.15) is 42.8 Å². The number of hydrogen-bond donors (Lipinski definition) is 1. The topological polar surface area (TPSA) is 76.6 Å². The van der Waals surface area contributed by atoms with E-state index in [0.29, 0.717) is 12.5 Å². The molecule has 0 spiro atoms. The lowest BCUT2D eigenvalue weighted by Gasteiger charge is -2.33. The molecule has 1 amide bonds. The van der Waals surface area contributed by atoms with Crippen LogP contribution in [-0.4, -0.2) is 43.2 Å². The smallest absolute Gasteiger partial charge is 0.225 e. The van der Waals surface area contributed by atoms with Crippen molar-refractivity contribution < 1.29 is 14.3 Å². The van der Waals surface area contributed by atoms with E-state index < -0.39 is 0 Å². The van der Waals surface area contributed by atoms with Gasteiger partial charge in [-0.2, -0.15) is 0 Å². The number of anilines is 1. The van der Waals surface area contributed by atoms with Gasteiger partial charge in [0.15, 0.2) is 0 Å². The molecule has 29 heavy (non-hydrogen) atoms. The summed E-state index contributed by atoms with van der Waals surface area (Å²) in [7, 11) is 3.25. The van der Waals surface area contributed by atoms with Gasteiger partial charge in [0.05, 0.1) is 26.2 Å². The fourth-order valence-corrected chi connectivity index (χ4v) is 3.81. The maximum Gasteiger partial charge on any atom is 0.225 e. The van der Waals surface area contributed by atoms with Gasteiger partial charge in [-0.3, -0.25) is 4.79 Å². The molecule has 1 fully saturated rings. The summed E-state index contributed by atoms with van der Waals surface area (Å²) < 4.78 is 10.8. The lowest BCUT2D eigenvalue weighted by Crippen LogP contribution is -2.44. The van der Waals surface area contributed by atoms with Crippen LogP contribution < -0.4 is 19.7 Å². The average Bonchev–Trinajstić information content (AvgIpc) is 2.72. The molecule has 1 aromatic carbocycles. The van der Waals surface area contributed by atoms with Crippen molar-refractivity contribution in [2.45, 2.75) is 39.7 Å². The number of rotatable bonds is 6. The Labute approximate surface area is 172 Å². The predicted molar refractivity (Wildman–Crippen MR) is 113 cm³/mol. The van der Waals surface area contributed by atoms with E-state index in [-0.39, 0.29) is 17.9 Å². The molecule has 0 bridgehead atoms. The maximum absolute atomic E-state index is 13.0. The second kappa shape index (κ2) is 9.11. The van der Waals surface area contributed by atoms with Gasteiger partial charge < -0.3 is 19.7 Å². The largest absolute Gasteiger partial charge is 0.497 e. The Morgan fingerprint density at radius 1 is 1.17 bits per heavy atom. The van der Waals surface area contributed by atoms with Crippen molar-refractivity contribution in [3.8, 4) is 11.5 Å². The first kappa shape index (κ1) is 20.9. The van der Waals surface area contributed by atoms with Crippen LogP contribution in [0.25, 0.3) is 0 Å². The van der Waals surface area contributed by atoms with Crippen LogP contribution in [0.5, 0.6) is 11.5 Å². The van der Waals surface area contributed by atoms with Gasteiger partial charge in [-0.15, -0.1) is 0 Å². The van der Waals surface area contributed by atoms with E-state index >= 15 is 0 Å². The van der Waals surface area contributed by atoms with Crippen LogP contribution >= 0.6 is 0 Å². The van der Waals surface area contributed by atoms with E-state index in [1.54, 1.807) is 14.2 Å². The molecular weight excluding hydrogens is 368 g/mol. The summed E-state index contributed by atoms with van der Waals surface area (Å²) in [5.41, 5.74) is 2.78. The molecule has 2 atom stereocenters. The quantitative estimate of drug-likeness (QED) is 0.805. The molecule has 0 unspecified atom stereocenters. The minimum absolute atomic E-state index is 0.0384. The second-order valence-corrected chi connectivity index (χ2v) is 7.57. The lowest BCUT2D eigenvalue weighted by atomic mass is 9.96. The monoisotopic (exact) mass is 398 g/mol. The number of carbonyl (C=O) groups is 1. The fourth-order valence-electron chi connectivity index (χ4n) is 3.81. The third-order valence-electron chi connectivity index (χ3n) is 5.31. The number of piperidine rings is 1. The average molecular weight is 399 g/mol. The molecule has 7 nitrogen and oxygen atoms in total. The number of aryl methyl sites for hydroxylation is 2. The third-order valence-corrected chi connectivity index (χ3v) is 5.31. The summed E-state index contributed by atoms with van der Waals surface area (Å²) in [5.74, 6) is 2.11. The maximum atomic E-state index is 13.0. The Morgan fingerprint density at radius 2 is 1.90 bits per heavy atom. The Balaban J connectivity index is 1.70. The summed E-state index contributed by atoms with van der Waals surface area (Å²) >= 11 is 0. The Bertz CT molecular complexity index is 851. The molecule has 1 saturated heterocycles. The van der Waals surface area contributed by atoms with Crippen molar-refractivity contribution >= 4 is 11.9 Å². The van der Waals surface area contributed by atoms with E-state index in [1.807, 2.05) is 45.0 Å². The van der Waals surface area contributed by atoms with E-state index in [4.69, 9.17) is 9.47 Å². The lowest BCUT2D eigenvalue weighted by molar-refractivity contribution is -0.125. The zero-order valence-corrected chi connectivity index (χ0v) is 17.9. The first-order valence-corrected chi connectivity index (χ1v) is 10.0. The molecule has 2 aromatic rings. The molecular formula is C22H30N4O3.